The van der Waals surface area contributed by atoms with E-state index in [0.717, 1.165) is 11.3 Å². The summed E-state index contributed by atoms with van der Waals surface area (Å²) in [5.41, 5.74) is 6.03. The number of hydrogen-bond donors (Lipinski definition) is 1. The Morgan fingerprint density at radius 3 is 2.67 bits per heavy atom. The third kappa shape index (κ3) is 2.51. The number of rotatable bonds is 1. The second-order valence-corrected chi connectivity index (χ2v) is 5.08. The Balaban J connectivity index is 0.00000112. The molecular formula is C7H5LiN2O3S2. The van der Waals surface area contributed by atoms with E-state index in [2.05, 4.69) is 4.98 Å². The molecule has 0 amide bonds. The molecule has 5 nitrogen and oxygen atoms in total. The van der Waals surface area contributed by atoms with Crippen LogP contribution >= 0.6 is 11.3 Å². The number of benzene rings is 1. The maximum Gasteiger partial charge on any atom is 1.00 e. The van der Waals surface area contributed by atoms with E-state index in [0.29, 0.717) is 15.3 Å². The Kier molecular flexibility index (Phi) is 3.43. The van der Waals surface area contributed by atoms with Crippen molar-refractivity contribution in [2.24, 2.45) is 0 Å². The van der Waals surface area contributed by atoms with Crippen molar-refractivity contribution in [3.05, 3.63) is 18.2 Å². The molecule has 0 saturated carbocycles. The van der Waals surface area contributed by atoms with Crippen molar-refractivity contribution in [2.75, 3.05) is 5.73 Å². The maximum absolute atomic E-state index is 10.7. The van der Waals surface area contributed by atoms with Crippen molar-refractivity contribution in [2.45, 2.75) is 4.90 Å². The molecule has 0 aliphatic heterocycles. The number of nitrogen functional groups attached to an aromatic ring is 1. The smallest absolute Gasteiger partial charge is 0.744 e. The Labute approximate surface area is 102 Å². The first-order chi connectivity index (χ1) is 6.47. The number of nitrogens with two attached hydrogens (primary N) is 1. The van der Waals surface area contributed by atoms with Gasteiger partial charge in [-0.1, -0.05) is 11.3 Å². The molecule has 2 rings (SSSR count). The Morgan fingerprint density at radius 1 is 1.40 bits per heavy atom. The molecule has 0 bridgehead atoms. The van der Waals surface area contributed by atoms with E-state index < -0.39 is 10.1 Å². The molecule has 0 aliphatic carbocycles. The zero-order valence-electron chi connectivity index (χ0n) is 7.80. The minimum absolute atomic E-state index is 0. The molecule has 1 heterocycles. The van der Waals surface area contributed by atoms with Crippen LogP contribution in [-0.2, 0) is 10.1 Å². The van der Waals surface area contributed by atoms with Crippen molar-refractivity contribution in [3.63, 3.8) is 0 Å². The summed E-state index contributed by atoms with van der Waals surface area (Å²) in [6, 6.07) is 3.97. The van der Waals surface area contributed by atoms with E-state index >= 15 is 0 Å². The van der Waals surface area contributed by atoms with E-state index in [9.17, 15) is 13.0 Å². The fourth-order valence-electron chi connectivity index (χ4n) is 1.08. The van der Waals surface area contributed by atoms with Crippen LogP contribution in [0.25, 0.3) is 10.2 Å². The van der Waals surface area contributed by atoms with Crippen molar-refractivity contribution in [3.8, 4) is 0 Å². The zero-order chi connectivity index (χ0) is 10.3. The minimum atomic E-state index is -4.40. The first-order valence-electron chi connectivity index (χ1n) is 3.59. The van der Waals surface area contributed by atoms with Gasteiger partial charge in [0.25, 0.3) is 0 Å². The van der Waals surface area contributed by atoms with Crippen LogP contribution in [0, 0.1) is 0 Å². The summed E-state index contributed by atoms with van der Waals surface area (Å²) in [5.74, 6) is 0. The number of aromatic nitrogens is 1. The maximum atomic E-state index is 10.7. The molecular weight excluding hydrogens is 231 g/mol. The Morgan fingerprint density at radius 2 is 2.07 bits per heavy atom. The van der Waals surface area contributed by atoms with Gasteiger partial charge in [0.15, 0.2) is 5.13 Å². The van der Waals surface area contributed by atoms with Crippen LogP contribution in [0.2, 0.25) is 0 Å². The van der Waals surface area contributed by atoms with Gasteiger partial charge >= 0.3 is 18.9 Å². The van der Waals surface area contributed by atoms with Gasteiger partial charge in [-0.05, 0) is 18.2 Å². The quantitative estimate of drug-likeness (QED) is 0.447. The first kappa shape index (κ1) is 12.5. The molecule has 0 spiro atoms. The van der Waals surface area contributed by atoms with Gasteiger partial charge in [-0.3, -0.25) is 0 Å². The molecule has 0 radical (unpaired) electrons. The number of fused-ring (bicyclic) bond motifs is 1. The Hall–Kier alpha value is -0.583. The SMILES string of the molecule is Nc1nc2ccc(S(=O)(=O)[O-])cc2s1.[Li+]. The molecule has 0 saturated heterocycles. The van der Waals surface area contributed by atoms with Crippen LogP contribution in [0.4, 0.5) is 5.13 Å². The van der Waals surface area contributed by atoms with E-state index in [1.54, 1.807) is 0 Å². The summed E-state index contributed by atoms with van der Waals surface area (Å²) in [6.07, 6.45) is 0. The van der Waals surface area contributed by atoms with Crippen LogP contribution in [-0.4, -0.2) is 18.0 Å². The van der Waals surface area contributed by atoms with Crippen molar-refractivity contribution >= 4 is 36.8 Å². The molecule has 2 N–H and O–H groups in total. The molecule has 15 heavy (non-hydrogen) atoms. The number of thiazole rings is 1. The van der Waals surface area contributed by atoms with E-state index in [4.69, 9.17) is 5.73 Å². The van der Waals surface area contributed by atoms with Gasteiger partial charge in [-0.25, -0.2) is 13.4 Å². The summed E-state index contributed by atoms with van der Waals surface area (Å²) in [5, 5.41) is 0.348. The average Bonchev–Trinajstić information content (AvgIpc) is 2.41. The van der Waals surface area contributed by atoms with Gasteiger partial charge in [0, 0.05) is 0 Å². The second kappa shape index (κ2) is 4.12. The molecule has 0 unspecified atom stereocenters. The summed E-state index contributed by atoms with van der Waals surface area (Å²) in [7, 11) is -4.40. The minimum Gasteiger partial charge on any atom is -0.744 e. The molecule has 74 valence electrons. The monoisotopic (exact) mass is 236 g/mol. The molecule has 0 aliphatic rings. The molecule has 0 atom stereocenters. The Bertz CT molecular complexity index is 593. The first-order valence-corrected chi connectivity index (χ1v) is 5.81. The third-order valence-electron chi connectivity index (χ3n) is 1.67. The van der Waals surface area contributed by atoms with Crippen LogP contribution < -0.4 is 24.6 Å². The predicted molar refractivity (Wildman–Crippen MR) is 52.0 cm³/mol. The van der Waals surface area contributed by atoms with Gasteiger partial charge in [-0.2, -0.15) is 0 Å². The molecule has 2 aromatic rings. The topological polar surface area (TPSA) is 96.1 Å². The van der Waals surface area contributed by atoms with E-state index in [1.165, 1.54) is 18.2 Å². The van der Waals surface area contributed by atoms with Crippen LogP contribution in [0.3, 0.4) is 0 Å². The average molecular weight is 236 g/mol. The third-order valence-corrected chi connectivity index (χ3v) is 3.34. The van der Waals surface area contributed by atoms with Crippen molar-refractivity contribution in [1.29, 1.82) is 0 Å². The van der Waals surface area contributed by atoms with Crippen LogP contribution in [0.15, 0.2) is 23.1 Å². The molecule has 0 fully saturated rings. The van der Waals surface area contributed by atoms with Crippen LogP contribution in [0.1, 0.15) is 0 Å². The second-order valence-electron chi connectivity index (χ2n) is 2.64. The predicted octanol–water partition coefficient (Wildman–Crippen LogP) is -2.21. The number of anilines is 1. The molecule has 1 aromatic carbocycles. The van der Waals surface area contributed by atoms with E-state index in [-0.39, 0.29) is 23.8 Å². The normalized spacial score (nSPS) is 11.3. The standard InChI is InChI=1S/C7H6N2O3S2.Li/c8-7-9-5-2-1-4(14(10,11)12)3-6(5)13-7;/h1-3H,(H2,8,9)(H,10,11,12);/q;+1/p-1. The van der Waals surface area contributed by atoms with Gasteiger partial charge in [0.1, 0.15) is 10.1 Å². The largest absolute Gasteiger partial charge is 1.00 e. The fourth-order valence-corrected chi connectivity index (χ4v) is 2.42. The summed E-state index contributed by atoms with van der Waals surface area (Å²) < 4.78 is 32.6. The molecule has 1 aromatic heterocycles. The molecule has 8 heteroatoms. The summed E-state index contributed by atoms with van der Waals surface area (Å²) in [4.78, 5) is 3.68. The van der Waals surface area contributed by atoms with Gasteiger partial charge in [0.05, 0.1) is 15.1 Å². The van der Waals surface area contributed by atoms with Gasteiger partial charge in [-0.15, -0.1) is 0 Å². The van der Waals surface area contributed by atoms with E-state index in [1.807, 2.05) is 0 Å². The van der Waals surface area contributed by atoms with Crippen molar-refractivity contribution in [1.82, 2.24) is 4.98 Å². The number of hydrogen-bond acceptors (Lipinski definition) is 6. The van der Waals surface area contributed by atoms with Crippen LogP contribution in [0.5, 0.6) is 0 Å². The zero-order valence-corrected chi connectivity index (χ0v) is 9.43. The van der Waals surface area contributed by atoms with Gasteiger partial charge < -0.3 is 10.3 Å². The number of nitrogens with zero attached hydrogens (tertiary/aromatic N) is 1. The fraction of sp³-hybridized carbons (Fsp3) is 0. The van der Waals surface area contributed by atoms with Gasteiger partial charge in [0.2, 0.25) is 0 Å². The van der Waals surface area contributed by atoms with Crippen molar-refractivity contribution < 1.29 is 31.8 Å². The summed E-state index contributed by atoms with van der Waals surface area (Å²) >= 11 is 1.15. The summed E-state index contributed by atoms with van der Waals surface area (Å²) in [6.45, 7) is 0.